The first-order valence-electron chi connectivity index (χ1n) is 23.9. The third kappa shape index (κ3) is 8.55. The predicted octanol–water partition coefficient (Wildman–Crippen LogP) is 15.9. The Bertz CT molecular complexity index is 3000. The molecule has 1 aromatic heterocycles. The number of pyridine rings is 1. The van der Waals surface area contributed by atoms with Crippen LogP contribution in [0.4, 0.5) is 17.2 Å². The second-order valence-electron chi connectivity index (χ2n) is 21.4. The van der Waals surface area contributed by atoms with Crippen LogP contribution in [-0.4, -0.2) is 22.0 Å². The van der Waals surface area contributed by atoms with E-state index in [1.165, 1.54) is 44.5 Å². The summed E-state index contributed by atoms with van der Waals surface area (Å²) in [6, 6.07) is 51.1. The molecular weight excluding hydrogens is 1010 g/mol. The summed E-state index contributed by atoms with van der Waals surface area (Å²) in [6.07, 6.45) is 1.96. The third-order valence-corrected chi connectivity index (χ3v) is 14.7. The van der Waals surface area contributed by atoms with Gasteiger partial charge in [-0.15, -0.1) is 24.3 Å². The summed E-state index contributed by atoms with van der Waals surface area (Å²) in [5.41, 5.74) is 15.1. The van der Waals surface area contributed by atoms with Crippen LogP contribution in [0.5, 0.6) is 11.5 Å². The second-order valence-corrected chi connectivity index (χ2v) is 21.4. The van der Waals surface area contributed by atoms with Crippen LogP contribution >= 0.6 is 0 Å². The van der Waals surface area contributed by atoms with E-state index in [9.17, 15) is 0 Å². The number of rotatable bonds is 9. The van der Waals surface area contributed by atoms with Crippen LogP contribution < -0.4 is 9.64 Å². The SMILES string of the molecule is Cc1cc(Oc2[c-]c(C3=N[C@](C)(C(c4ccccc4)c4ccccc4)[C@@](C)(C(C)C)O3)cc(-c3c(C)cc(C)cc3C)c2)[c-]c(N2c3ccc(C(C)(C)C)cc3C(C)(C)c3cc(C)cnc32)c1.[Pt+2]. The van der Waals surface area contributed by atoms with Crippen molar-refractivity contribution in [1.29, 1.82) is 0 Å². The summed E-state index contributed by atoms with van der Waals surface area (Å²) < 4.78 is 14.3. The number of anilines is 3. The van der Waals surface area contributed by atoms with Gasteiger partial charge in [0.05, 0.1) is 0 Å². The molecule has 9 rings (SSSR count). The quantitative estimate of drug-likeness (QED) is 0.135. The summed E-state index contributed by atoms with van der Waals surface area (Å²) in [5, 5.41) is 0. The van der Waals surface area contributed by atoms with E-state index in [1.54, 1.807) is 0 Å². The van der Waals surface area contributed by atoms with Crippen LogP contribution in [0.25, 0.3) is 11.1 Å². The number of aryl methyl sites for hydroxylation is 5. The molecule has 6 aromatic carbocycles. The Morgan fingerprint density at radius 3 is 1.87 bits per heavy atom. The normalized spacial score (nSPS) is 18.4. The molecule has 0 N–H and O–H groups in total. The van der Waals surface area contributed by atoms with Crippen LogP contribution in [0.1, 0.15) is 129 Å². The number of aromatic nitrogens is 1. The van der Waals surface area contributed by atoms with Crippen LogP contribution in [0, 0.1) is 52.7 Å². The minimum absolute atomic E-state index is 0. The molecule has 350 valence electrons. The summed E-state index contributed by atoms with van der Waals surface area (Å²) in [6.45, 7) is 31.2. The van der Waals surface area contributed by atoms with Gasteiger partial charge >= 0.3 is 21.1 Å². The molecule has 0 radical (unpaired) electrons. The van der Waals surface area contributed by atoms with Crippen molar-refractivity contribution in [2.24, 2.45) is 10.9 Å². The molecule has 2 atom stereocenters. The van der Waals surface area contributed by atoms with Crippen molar-refractivity contribution in [3.8, 4) is 22.6 Å². The molecule has 0 amide bonds. The monoisotopic (exact) mass is 1080 g/mol. The third-order valence-electron chi connectivity index (χ3n) is 14.7. The molecule has 0 fully saturated rings. The Hall–Kier alpha value is -5.77. The van der Waals surface area contributed by atoms with E-state index in [-0.39, 0.29) is 43.7 Å². The molecule has 3 heterocycles. The van der Waals surface area contributed by atoms with Gasteiger partial charge in [0.25, 0.3) is 0 Å². The van der Waals surface area contributed by atoms with Gasteiger partial charge in [-0.1, -0.05) is 175 Å². The zero-order chi connectivity index (χ0) is 47.8. The first-order chi connectivity index (χ1) is 31.7. The minimum Gasteiger partial charge on any atom is -0.511 e. The number of ether oxygens (including phenoxy) is 2. The van der Waals surface area contributed by atoms with E-state index in [0.29, 0.717) is 17.4 Å². The van der Waals surface area contributed by atoms with Gasteiger partial charge in [0.15, 0.2) is 0 Å². The molecule has 0 bridgehead atoms. The average molecular weight is 1080 g/mol. The predicted molar refractivity (Wildman–Crippen MR) is 277 cm³/mol. The smallest absolute Gasteiger partial charge is 0.511 e. The molecule has 2 aliphatic heterocycles. The largest absolute Gasteiger partial charge is 2.00 e. The van der Waals surface area contributed by atoms with Gasteiger partial charge in [-0.3, -0.25) is 4.99 Å². The number of fused-ring (bicyclic) bond motifs is 2. The molecule has 68 heavy (non-hydrogen) atoms. The molecule has 7 aromatic rings. The first kappa shape index (κ1) is 48.7. The maximum Gasteiger partial charge on any atom is 2.00 e. The van der Waals surface area contributed by atoms with Crippen molar-refractivity contribution in [2.45, 2.75) is 125 Å². The van der Waals surface area contributed by atoms with Crippen LogP contribution in [0.3, 0.4) is 0 Å². The molecule has 0 unspecified atom stereocenters. The molecule has 0 saturated carbocycles. The standard InChI is InChI=1S/C62H65N3O2.Pt/c1-38(2)62(14)61(13,56(44-21-17-15-18-22-44)45-23-19-16-20-24-45)64-58(67-62)47-32-46(55-42(6)27-39(3)28-43(55)7)33-51(34-47)66-50-30-40(4)29-49(36-50)65-54-26-25-48(59(8,9)10)35-52(54)60(11,12)53-31-41(5)37-63-57(53)65;/h15-33,35,37-38,56H,1-14H3;/q-2;+2/t61-,62-;/m1./s1. The van der Waals surface area contributed by atoms with Gasteiger partial charge in [-0.25, -0.2) is 4.98 Å². The molecule has 0 saturated heterocycles. The van der Waals surface area contributed by atoms with E-state index in [1.807, 2.05) is 12.3 Å². The molecule has 2 aliphatic rings. The fourth-order valence-electron chi connectivity index (χ4n) is 10.8. The van der Waals surface area contributed by atoms with E-state index >= 15 is 0 Å². The number of aliphatic imine (C=N–C) groups is 1. The fourth-order valence-corrected chi connectivity index (χ4v) is 10.8. The second kappa shape index (κ2) is 18.0. The van der Waals surface area contributed by atoms with E-state index in [2.05, 4.69) is 229 Å². The van der Waals surface area contributed by atoms with Crippen LogP contribution in [-0.2, 0) is 36.6 Å². The summed E-state index contributed by atoms with van der Waals surface area (Å²) in [7, 11) is 0. The van der Waals surface area contributed by atoms with E-state index < -0.39 is 11.1 Å². The minimum atomic E-state index is -0.700. The van der Waals surface area contributed by atoms with Crippen molar-refractivity contribution >= 4 is 23.1 Å². The van der Waals surface area contributed by atoms with Crippen molar-refractivity contribution in [3.63, 3.8) is 0 Å². The molecule has 6 heteroatoms. The van der Waals surface area contributed by atoms with Gasteiger partial charge in [-0.05, 0) is 110 Å². The maximum atomic E-state index is 7.29. The maximum absolute atomic E-state index is 7.29. The molecule has 5 nitrogen and oxygen atoms in total. The van der Waals surface area contributed by atoms with E-state index in [0.717, 1.165) is 45.0 Å². The summed E-state index contributed by atoms with van der Waals surface area (Å²) >= 11 is 0. The van der Waals surface area contributed by atoms with Gasteiger partial charge < -0.3 is 14.4 Å². The zero-order valence-electron chi connectivity index (χ0n) is 42.3. The van der Waals surface area contributed by atoms with Gasteiger partial charge in [-0.2, -0.15) is 5.56 Å². The van der Waals surface area contributed by atoms with Crippen molar-refractivity contribution in [3.05, 3.63) is 201 Å². The Kier molecular flexibility index (Phi) is 12.9. The van der Waals surface area contributed by atoms with Gasteiger partial charge in [0.1, 0.15) is 22.9 Å². The fraction of sp³-hybridized carbons (Fsp3) is 0.323. The zero-order valence-corrected chi connectivity index (χ0v) is 44.5. The number of nitrogens with zero attached hydrogens (tertiary/aromatic N) is 3. The van der Waals surface area contributed by atoms with Crippen molar-refractivity contribution < 1.29 is 30.5 Å². The molecular formula is C62H65N3O2Pt. The number of hydrogen-bond acceptors (Lipinski definition) is 5. The Balaban J connectivity index is 0.00000625. The Morgan fingerprint density at radius 2 is 1.26 bits per heavy atom. The first-order valence-corrected chi connectivity index (χ1v) is 23.9. The van der Waals surface area contributed by atoms with Gasteiger partial charge in [0.2, 0.25) is 0 Å². The summed E-state index contributed by atoms with van der Waals surface area (Å²) in [4.78, 5) is 13.1. The number of hydrogen-bond donors (Lipinski definition) is 0. The average Bonchev–Trinajstić information content (AvgIpc) is 3.55. The van der Waals surface area contributed by atoms with Crippen molar-refractivity contribution in [2.75, 3.05) is 4.90 Å². The van der Waals surface area contributed by atoms with Crippen LogP contribution in [0.2, 0.25) is 0 Å². The number of benzene rings is 6. The summed E-state index contributed by atoms with van der Waals surface area (Å²) in [5.74, 6) is 2.62. The molecule has 0 aliphatic carbocycles. The molecule has 0 spiro atoms. The van der Waals surface area contributed by atoms with E-state index in [4.69, 9.17) is 19.5 Å². The Labute approximate surface area is 420 Å². The Morgan fingerprint density at radius 1 is 0.662 bits per heavy atom. The van der Waals surface area contributed by atoms with Crippen LogP contribution in [0.15, 0.2) is 133 Å². The topological polar surface area (TPSA) is 47.0 Å². The van der Waals surface area contributed by atoms with Crippen molar-refractivity contribution in [1.82, 2.24) is 4.98 Å². The van der Waals surface area contributed by atoms with Gasteiger partial charge in [0, 0.05) is 40.3 Å².